The fourth-order valence-corrected chi connectivity index (χ4v) is 3.53. The second-order valence-electron chi connectivity index (χ2n) is 5.10. The topological polar surface area (TPSA) is 41.1 Å². The third-order valence-corrected chi connectivity index (χ3v) is 5.07. The zero-order valence-corrected chi connectivity index (χ0v) is 12.2. The van der Waals surface area contributed by atoms with Gasteiger partial charge in [0.25, 0.3) is 0 Å². The first-order valence-corrected chi connectivity index (χ1v) is 7.48. The smallest absolute Gasteiger partial charge is 0.240 e. The number of carbonyl (C=O) groups excluding carboxylic acids is 1. The highest BCUT2D eigenvalue weighted by Gasteiger charge is 2.38. The molecule has 1 unspecified atom stereocenters. The summed E-state index contributed by atoms with van der Waals surface area (Å²) >= 11 is 1.77. The number of nitrogens with one attached hydrogen (secondary N) is 2. The van der Waals surface area contributed by atoms with Crippen molar-refractivity contribution < 1.29 is 4.79 Å². The van der Waals surface area contributed by atoms with E-state index in [1.54, 1.807) is 11.3 Å². The summed E-state index contributed by atoms with van der Waals surface area (Å²) in [4.78, 5) is 14.9. The van der Waals surface area contributed by atoms with Crippen LogP contribution in [0.5, 0.6) is 0 Å². The lowest BCUT2D eigenvalue weighted by atomic mass is 9.93. The number of hydrogen-bond donors (Lipinski definition) is 2. The third kappa shape index (κ3) is 2.59. The highest BCUT2D eigenvalue weighted by Crippen LogP contribution is 2.24. The van der Waals surface area contributed by atoms with Crippen molar-refractivity contribution in [1.29, 1.82) is 0 Å². The minimum absolute atomic E-state index is 0.159. The Kier molecular flexibility index (Phi) is 4.07. The molecule has 0 bridgehead atoms. The maximum atomic E-state index is 12.3. The fraction of sp³-hybridized carbons (Fsp3) is 0.643. The Bertz CT molecular complexity index is 414. The quantitative estimate of drug-likeness (QED) is 0.879. The van der Waals surface area contributed by atoms with E-state index in [1.165, 1.54) is 15.3 Å². The van der Waals surface area contributed by atoms with Crippen molar-refractivity contribution in [2.45, 2.75) is 52.1 Å². The standard InChI is InChI=1S/C14H22N2OS/c1-4-14(6-5-7-16-14)13(17)15-9-12-8-10(2)11(3)18-12/h8,16H,4-7,9H2,1-3H3,(H,15,17). The van der Waals surface area contributed by atoms with Crippen molar-refractivity contribution in [3.8, 4) is 0 Å². The first kappa shape index (κ1) is 13.6. The van der Waals surface area contributed by atoms with Crippen LogP contribution < -0.4 is 10.6 Å². The highest BCUT2D eigenvalue weighted by molar-refractivity contribution is 7.12. The third-order valence-electron chi connectivity index (χ3n) is 3.92. The number of amides is 1. The van der Waals surface area contributed by atoms with E-state index < -0.39 is 0 Å². The molecular formula is C14H22N2OS. The Morgan fingerprint density at radius 3 is 2.83 bits per heavy atom. The van der Waals surface area contributed by atoms with E-state index in [0.717, 1.165) is 25.8 Å². The van der Waals surface area contributed by atoms with Crippen molar-refractivity contribution in [2.24, 2.45) is 0 Å². The zero-order chi connectivity index (χ0) is 13.2. The van der Waals surface area contributed by atoms with Crippen LogP contribution in [0.15, 0.2) is 6.07 Å². The lowest BCUT2D eigenvalue weighted by Crippen LogP contribution is -2.52. The number of hydrogen-bond acceptors (Lipinski definition) is 3. The van der Waals surface area contributed by atoms with Crippen LogP contribution in [0.1, 0.15) is 41.5 Å². The Morgan fingerprint density at radius 1 is 1.56 bits per heavy atom. The van der Waals surface area contributed by atoms with Crippen molar-refractivity contribution in [2.75, 3.05) is 6.54 Å². The molecule has 4 heteroatoms. The van der Waals surface area contributed by atoms with E-state index in [9.17, 15) is 4.79 Å². The summed E-state index contributed by atoms with van der Waals surface area (Å²) in [6, 6.07) is 2.17. The van der Waals surface area contributed by atoms with Gasteiger partial charge in [-0.1, -0.05) is 6.92 Å². The molecule has 0 saturated carbocycles. The summed E-state index contributed by atoms with van der Waals surface area (Å²) < 4.78 is 0. The van der Waals surface area contributed by atoms with Gasteiger partial charge in [-0.25, -0.2) is 0 Å². The molecule has 1 aliphatic heterocycles. The Balaban J connectivity index is 1.95. The monoisotopic (exact) mass is 266 g/mol. The summed E-state index contributed by atoms with van der Waals surface area (Å²) in [7, 11) is 0. The maximum Gasteiger partial charge on any atom is 0.240 e. The Morgan fingerprint density at radius 2 is 2.33 bits per heavy atom. The average Bonchev–Trinajstić information content (AvgIpc) is 2.95. The molecule has 100 valence electrons. The molecule has 0 aliphatic carbocycles. The van der Waals surface area contributed by atoms with Gasteiger partial charge in [0, 0.05) is 9.75 Å². The first-order chi connectivity index (χ1) is 8.57. The van der Waals surface area contributed by atoms with Crippen molar-refractivity contribution in [1.82, 2.24) is 10.6 Å². The summed E-state index contributed by atoms with van der Waals surface area (Å²) in [6.07, 6.45) is 2.91. The maximum absolute atomic E-state index is 12.3. The molecule has 18 heavy (non-hydrogen) atoms. The predicted octanol–water partition coefficient (Wildman–Crippen LogP) is 2.51. The summed E-state index contributed by atoms with van der Waals surface area (Å²) in [6.45, 7) is 7.93. The molecule has 1 saturated heterocycles. The molecule has 0 aromatic carbocycles. The minimum atomic E-state index is -0.318. The van der Waals surface area contributed by atoms with Gasteiger partial charge in [0.15, 0.2) is 0 Å². The van der Waals surface area contributed by atoms with Crippen LogP contribution in [0.25, 0.3) is 0 Å². The fourth-order valence-electron chi connectivity index (χ4n) is 2.54. The van der Waals surface area contributed by atoms with Crippen molar-refractivity contribution in [3.63, 3.8) is 0 Å². The van der Waals surface area contributed by atoms with E-state index in [1.807, 2.05) is 0 Å². The molecule has 0 radical (unpaired) electrons. The van der Waals surface area contributed by atoms with E-state index in [-0.39, 0.29) is 11.4 Å². The van der Waals surface area contributed by atoms with Gasteiger partial charge >= 0.3 is 0 Å². The van der Waals surface area contributed by atoms with E-state index in [0.29, 0.717) is 6.54 Å². The van der Waals surface area contributed by atoms with Gasteiger partial charge in [0.05, 0.1) is 12.1 Å². The molecule has 1 atom stereocenters. The van der Waals surface area contributed by atoms with Crippen LogP contribution in [0.3, 0.4) is 0 Å². The molecule has 1 amide bonds. The van der Waals surface area contributed by atoms with Crippen LogP contribution in [-0.2, 0) is 11.3 Å². The van der Waals surface area contributed by atoms with Crippen LogP contribution in [0.2, 0.25) is 0 Å². The molecule has 1 aliphatic rings. The van der Waals surface area contributed by atoms with Gasteiger partial charge in [0.1, 0.15) is 0 Å². The Hall–Kier alpha value is -0.870. The minimum Gasteiger partial charge on any atom is -0.350 e. The van der Waals surface area contributed by atoms with Gasteiger partial charge < -0.3 is 10.6 Å². The second-order valence-corrected chi connectivity index (χ2v) is 6.44. The van der Waals surface area contributed by atoms with E-state index in [4.69, 9.17) is 0 Å². The van der Waals surface area contributed by atoms with Crippen LogP contribution in [0, 0.1) is 13.8 Å². The molecule has 3 nitrogen and oxygen atoms in total. The number of rotatable bonds is 4. The summed E-state index contributed by atoms with van der Waals surface area (Å²) in [5.74, 6) is 0.159. The van der Waals surface area contributed by atoms with Crippen LogP contribution >= 0.6 is 11.3 Å². The largest absolute Gasteiger partial charge is 0.350 e. The van der Waals surface area contributed by atoms with Crippen LogP contribution in [-0.4, -0.2) is 18.0 Å². The van der Waals surface area contributed by atoms with Crippen molar-refractivity contribution in [3.05, 3.63) is 21.4 Å². The molecule has 2 rings (SSSR count). The average molecular weight is 266 g/mol. The van der Waals surface area contributed by atoms with Gasteiger partial charge in [-0.2, -0.15) is 0 Å². The number of carbonyl (C=O) groups is 1. The molecular weight excluding hydrogens is 244 g/mol. The van der Waals surface area contributed by atoms with E-state index in [2.05, 4.69) is 37.5 Å². The van der Waals surface area contributed by atoms with Crippen LogP contribution in [0.4, 0.5) is 0 Å². The predicted molar refractivity (Wildman–Crippen MR) is 75.9 cm³/mol. The van der Waals surface area contributed by atoms with Crippen molar-refractivity contribution >= 4 is 17.2 Å². The molecule has 2 N–H and O–H groups in total. The zero-order valence-electron chi connectivity index (χ0n) is 11.4. The lowest BCUT2D eigenvalue weighted by molar-refractivity contribution is -0.127. The first-order valence-electron chi connectivity index (χ1n) is 6.66. The number of thiophene rings is 1. The molecule has 2 heterocycles. The molecule has 1 fully saturated rings. The van der Waals surface area contributed by atoms with Gasteiger partial charge in [-0.15, -0.1) is 11.3 Å². The van der Waals surface area contributed by atoms with Gasteiger partial charge in [-0.05, 0) is 51.3 Å². The SMILES string of the molecule is CCC1(C(=O)NCc2cc(C)c(C)s2)CCCN1. The Labute approximate surface area is 113 Å². The van der Waals surface area contributed by atoms with Gasteiger partial charge in [-0.3, -0.25) is 4.79 Å². The molecule has 0 spiro atoms. The normalized spacial score (nSPS) is 23.3. The van der Waals surface area contributed by atoms with Gasteiger partial charge in [0.2, 0.25) is 5.91 Å². The second kappa shape index (κ2) is 5.41. The summed E-state index contributed by atoms with van der Waals surface area (Å²) in [5, 5.41) is 6.45. The summed E-state index contributed by atoms with van der Waals surface area (Å²) in [5.41, 5.74) is 0.995. The van der Waals surface area contributed by atoms with E-state index >= 15 is 0 Å². The lowest BCUT2D eigenvalue weighted by Gasteiger charge is -2.26. The highest BCUT2D eigenvalue weighted by atomic mass is 32.1. The molecule has 1 aromatic heterocycles. The molecule has 1 aromatic rings. The number of aryl methyl sites for hydroxylation is 2.